The number of nitrogens with one attached hydrogen (secondary N) is 1. The second-order valence-corrected chi connectivity index (χ2v) is 7.91. The van der Waals surface area contributed by atoms with E-state index < -0.39 is 0 Å². The van der Waals surface area contributed by atoms with Crippen LogP contribution in [-0.4, -0.2) is 28.8 Å². The van der Waals surface area contributed by atoms with E-state index in [1.807, 2.05) is 60.7 Å². The highest BCUT2D eigenvalue weighted by molar-refractivity contribution is 6.30. The molecule has 172 valence electrons. The van der Waals surface area contributed by atoms with Crippen LogP contribution in [0.4, 0.5) is 11.4 Å². The molecule has 0 radical (unpaired) electrons. The molecule has 0 saturated heterocycles. The van der Waals surface area contributed by atoms with Crippen LogP contribution in [0, 0.1) is 6.92 Å². The summed E-state index contributed by atoms with van der Waals surface area (Å²) >= 11 is 11.6. The van der Waals surface area contributed by atoms with Crippen molar-refractivity contribution in [2.45, 2.75) is 6.92 Å². The average Bonchev–Trinajstić information content (AvgIpc) is 2.86. The summed E-state index contributed by atoms with van der Waals surface area (Å²) in [5.74, 6) is -0.293. The molecule has 0 saturated carbocycles. The topological polar surface area (TPSA) is 75.2 Å². The second kappa shape index (κ2) is 11.9. The zero-order valence-corrected chi connectivity index (χ0v) is 20.1. The van der Waals surface area contributed by atoms with Gasteiger partial charge in [0.15, 0.2) is 0 Å². The van der Waals surface area contributed by atoms with Gasteiger partial charge in [-0.25, -0.2) is 9.97 Å². The highest BCUT2D eigenvalue weighted by atomic mass is 35.5. The number of carbonyl (C=O) groups is 2. The van der Waals surface area contributed by atoms with Gasteiger partial charge in [0.05, 0.1) is 0 Å². The number of benzene rings is 2. The number of amides is 2. The number of halogens is 2. The minimum absolute atomic E-state index is 0.0944. The van der Waals surface area contributed by atoms with Crippen LogP contribution >= 0.6 is 23.2 Å². The Bertz CT molecular complexity index is 1270. The van der Waals surface area contributed by atoms with Crippen molar-refractivity contribution >= 4 is 46.4 Å². The maximum Gasteiger partial charge on any atom is 0.258 e. The Morgan fingerprint density at radius 3 is 2.12 bits per heavy atom. The Balaban J connectivity index is 0.000000192. The average molecular weight is 493 g/mol. The Labute approximate surface area is 208 Å². The van der Waals surface area contributed by atoms with E-state index in [4.69, 9.17) is 23.2 Å². The van der Waals surface area contributed by atoms with E-state index in [0.29, 0.717) is 27.0 Å². The van der Waals surface area contributed by atoms with Crippen LogP contribution in [0.1, 0.15) is 26.3 Å². The van der Waals surface area contributed by atoms with Gasteiger partial charge >= 0.3 is 0 Å². The lowest BCUT2D eigenvalue weighted by molar-refractivity contribution is 0.0990. The summed E-state index contributed by atoms with van der Waals surface area (Å²) in [6.07, 6.45) is 3.05. The lowest BCUT2D eigenvalue weighted by atomic mass is 10.1. The number of nitrogens with zero attached hydrogens (tertiary/aromatic N) is 3. The predicted molar refractivity (Wildman–Crippen MR) is 137 cm³/mol. The summed E-state index contributed by atoms with van der Waals surface area (Å²) in [7, 11) is 1.74. The SMILES string of the molecule is Cc1c(C(=O)N(C)c2ccccc2)ccnc1Cl.O=C(Nc1ccccc1)c1ccnc(Cl)c1. The second-order valence-electron chi connectivity index (χ2n) is 7.16. The van der Waals surface area contributed by atoms with Gasteiger partial charge in [0.25, 0.3) is 11.8 Å². The van der Waals surface area contributed by atoms with E-state index in [9.17, 15) is 9.59 Å². The molecule has 0 aliphatic heterocycles. The third-order valence-corrected chi connectivity index (χ3v) is 5.43. The first-order valence-electron chi connectivity index (χ1n) is 10.3. The lowest BCUT2D eigenvalue weighted by Gasteiger charge is -2.18. The van der Waals surface area contributed by atoms with E-state index in [1.165, 1.54) is 12.3 Å². The standard InChI is InChI=1S/C14H13ClN2O.C12H9ClN2O/c1-10-12(8-9-16-13(10)15)14(18)17(2)11-6-4-3-5-7-11;13-11-8-9(6-7-14-11)12(16)15-10-4-2-1-3-5-10/h3-9H,1-2H3;1-8H,(H,15,16). The van der Waals surface area contributed by atoms with Gasteiger partial charge in [-0.2, -0.15) is 0 Å². The van der Waals surface area contributed by atoms with Gasteiger partial charge in [-0.1, -0.05) is 59.6 Å². The van der Waals surface area contributed by atoms with E-state index in [1.54, 1.807) is 37.2 Å². The number of hydrogen-bond acceptors (Lipinski definition) is 4. The molecule has 2 aromatic heterocycles. The molecule has 4 aromatic rings. The molecule has 34 heavy (non-hydrogen) atoms. The third kappa shape index (κ3) is 6.63. The maximum atomic E-state index is 12.4. The van der Waals surface area contributed by atoms with Crippen molar-refractivity contribution in [2.24, 2.45) is 0 Å². The molecule has 1 N–H and O–H groups in total. The number of hydrogen-bond donors (Lipinski definition) is 1. The van der Waals surface area contributed by atoms with Crippen LogP contribution < -0.4 is 10.2 Å². The molecule has 6 nitrogen and oxygen atoms in total. The first-order valence-corrected chi connectivity index (χ1v) is 11.0. The van der Waals surface area contributed by atoms with Gasteiger partial charge in [0, 0.05) is 41.9 Å². The molecule has 0 unspecified atom stereocenters. The lowest BCUT2D eigenvalue weighted by Crippen LogP contribution is -2.27. The third-order valence-electron chi connectivity index (χ3n) is 4.84. The number of rotatable bonds is 4. The molecule has 2 heterocycles. The molecule has 2 aromatic carbocycles. The van der Waals surface area contributed by atoms with Crippen LogP contribution in [0.15, 0.2) is 91.3 Å². The smallest absolute Gasteiger partial charge is 0.258 e. The van der Waals surface area contributed by atoms with Gasteiger partial charge < -0.3 is 10.2 Å². The van der Waals surface area contributed by atoms with Crippen LogP contribution in [0.3, 0.4) is 0 Å². The van der Waals surface area contributed by atoms with Crippen molar-refractivity contribution in [2.75, 3.05) is 17.3 Å². The monoisotopic (exact) mass is 492 g/mol. The molecule has 0 fully saturated rings. The van der Waals surface area contributed by atoms with Crippen molar-refractivity contribution in [3.05, 3.63) is 118 Å². The normalized spacial score (nSPS) is 10.0. The molecular weight excluding hydrogens is 471 g/mol. The Kier molecular flexibility index (Phi) is 8.73. The van der Waals surface area contributed by atoms with E-state index >= 15 is 0 Å². The van der Waals surface area contributed by atoms with Crippen molar-refractivity contribution in [3.8, 4) is 0 Å². The van der Waals surface area contributed by atoms with Gasteiger partial charge in [0.1, 0.15) is 10.3 Å². The van der Waals surface area contributed by atoms with Crippen molar-refractivity contribution < 1.29 is 9.59 Å². The van der Waals surface area contributed by atoms with Crippen molar-refractivity contribution in [3.63, 3.8) is 0 Å². The molecule has 0 spiro atoms. The predicted octanol–water partition coefficient (Wildman–Crippen LogP) is 6.31. The highest BCUT2D eigenvalue weighted by Crippen LogP contribution is 2.20. The fourth-order valence-corrected chi connectivity index (χ4v) is 3.29. The van der Waals surface area contributed by atoms with Gasteiger partial charge in [0.2, 0.25) is 0 Å². The van der Waals surface area contributed by atoms with Crippen molar-refractivity contribution in [1.82, 2.24) is 9.97 Å². The maximum absolute atomic E-state index is 12.4. The quantitative estimate of drug-likeness (QED) is 0.338. The molecule has 0 bridgehead atoms. The van der Waals surface area contributed by atoms with Crippen LogP contribution in [0.5, 0.6) is 0 Å². The summed E-state index contributed by atoms with van der Waals surface area (Å²) in [4.78, 5) is 33.5. The largest absolute Gasteiger partial charge is 0.322 e. The zero-order valence-electron chi connectivity index (χ0n) is 18.6. The molecule has 8 heteroatoms. The molecule has 0 atom stereocenters. The summed E-state index contributed by atoms with van der Waals surface area (Å²) in [6, 6.07) is 23.5. The van der Waals surface area contributed by atoms with E-state index in [2.05, 4.69) is 15.3 Å². The van der Waals surface area contributed by atoms with Crippen LogP contribution in [0.2, 0.25) is 10.3 Å². The molecular formula is C26H22Cl2N4O2. The van der Waals surface area contributed by atoms with E-state index in [-0.39, 0.29) is 11.8 Å². The Morgan fingerprint density at radius 1 is 0.853 bits per heavy atom. The number of anilines is 2. The number of aromatic nitrogens is 2. The fourth-order valence-electron chi connectivity index (χ4n) is 2.96. The number of pyridine rings is 2. The minimum Gasteiger partial charge on any atom is -0.322 e. The summed E-state index contributed by atoms with van der Waals surface area (Å²) in [5.41, 5.74) is 3.35. The summed E-state index contributed by atoms with van der Waals surface area (Å²) < 4.78 is 0. The van der Waals surface area contributed by atoms with Crippen molar-refractivity contribution in [1.29, 1.82) is 0 Å². The molecule has 4 rings (SSSR count). The highest BCUT2D eigenvalue weighted by Gasteiger charge is 2.17. The van der Waals surface area contributed by atoms with Gasteiger partial charge in [-0.05, 0) is 55.0 Å². The number of carbonyl (C=O) groups excluding carboxylic acids is 2. The van der Waals surface area contributed by atoms with Gasteiger partial charge in [-0.15, -0.1) is 0 Å². The number of para-hydroxylation sites is 2. The summed E-state index contributed by atoms with van der Waals surface area (Å²) in [6.45, 7) is 1.79. The van der Waals surface area contributed by atoms with E-state index in [0.717, 1.165) is 11.4 Å². The molecule has 2 amide bonds. The first-order chi connectivity index (χ1) is 16.4. The first kappa shape index (κ1) is 24.9. The Morgan fingerprint density at radius 2 is 1.47 bits per heavy atom. The minimum atomic E-state index is -0.199. The summed E-state index contributed by atoms with van der Waals surface area (Å²) in [5, 5.41) is 3.43. The molecule has 0 aliphatic carbocycles. The van der Waals surface area contributed by atoms with Crippen LogP contribution in [-0.2, 0) is 0 Å². The Hall–Kier alpha value is -3.74. The van der Waals surface area contributed by atoms with Crippen LogP contribution in [0.25, 0.3) is 0 Å². The fraction of sp³-hybridized carbons (Fsp3) is 0.0769. The molecule has 0 aliphatic rings. The zero-order chi connectivity index (χ0) is 24.5. The van der Waals surface area contributed by atoms with Gasteiger partial charge in [-0.3, -0.25) is 9.59 Å².